The zero-order chi connectivity index (χ0) is 23.7. The van der Waals surface area contributed by atoms with Crippen LogP contribution in [0.15, 0.2) is 59.5 Å². The van der Waals surface area contributed by atoms with Crippen LogP contribution in [0.4, 0.5) is 0 Å². The first-order valence-electron chi connectivity index (χ1n) is 11.8. The van der Waals surface area contributed by atoms with E-state index in [0.29, 0.717) is 12.3 Å². The van der Waals surface area contributed by atoms with Gasteiger partial charge in [0.2, 0.25) is 0 Å². The molecule has 2 unspecified atom stereocenters. The number of carboxylic acids is 1. The van der Waals surface area contributed by atoms with E-state index in [9.17, 15) is 4.79 Å². The molecule has 3 rings (SSSR count). The van der Waals surface area contributed by atoms with Gasteiger partial charge in [-0.25, -0.2) is 0 Å². The summed E-state index contributed by atoms with van der Waals surface area (Å²) in [5.41, 5.74) is 2.84. The van der Waals surface area contributed by atoms with E-state index in [0.717, 1.165) is 36.5 Å². The monoisotopic (exact) mass is 468 g/mol. The smallest absolute Gasteiger partial charge is 0.303 e. The van der Waals surface area contributed by atoms with E-state index < -0.39 is 5.97 Å². The Hall–Kier alpha value is -2.40. The number of aliphatic carboxylic acids is 1. The quantitative estimate of drug-likeness (QED) is 0.263. The zero-order valence-corrected chi connectivity index (χ0v) is 20.8. The molecule has 5 heteroatoms. The SMILES string of the molecule is COc1ccc(C2(C)CSc3cc(OC)ccc3C2CCCCC/C=C/CCC(=O)O)cc1. The van der Waals surface area contributed by atoms with Crippen molar-refractivity contribution in [2.24, 2.45) is 0 Å². The van der Waals surface area contributed by atoms with Crippen LogP contribution in [0, 0.1) is 0 Å². The minimum Gasteiger partial charge on any atom is -0.497 e. The number of fused-ring (bicyclic) bond motifs is 1. The number of hydrogen-bond acceptors (Lipinski definition) is 4. The lowest BCUT2D eigenvalue weighted by molar-refractivity contribution is -0.136. The molecule has 0 amide bonds. The predicted molar refractivity (Wildman–Crippen MR) is 136 cm³/mol. The van der Waals surface area contributed by atoms with Crippen LogP contribution < -0.4 is 9.47 Å². The molecule has 1 heterocycles. The summed E-state index contributed by atoms with van der Waals surface area (Å²) in [7, 11) is 3.44. The Morgan fingerprint density at radius 1 is 1.03 bits per heavy atom. The molecule has 0 aliphatic carbocycles. The van der Waals surface area contributed by atoms with Crippen molar-refractivity contribution in [1.82, 2.24) is 0 Å². The van der Waals surface area contributed by atoms with Gasteiger partial charge in [0.05, 0.1) is 14.2 Å². The molecule has 1 aliphatic heterocycles. The van der Waals surface area contributed by atoms with E-state index in [4.69, 9.17) is 14.6 Å². The Kier molecular flexibility index (Phi) is 9.30. The first-order valence-corrected chi connectivity index (χ1v) is 12.8. The van der Waals surface area contributed by atoms with Crippen LogP contribution in [-0.2, 0) is 10.2 Å². The summed E-state index contributed by atoms with van der Waals surface area (Å²) in [6, 6.07) is 15.1. The molecule has 0 bridgehead atoms. The number of unbranched alkanes of at least 4 members (excludes halogenated alkanes) is 3. The van der Waals surface area contributed by atoms with E-state index in [1.807, 2.05) is 17.8 Å². The lowest BCUT2D eigenvalue weighted by atomic mass is 9.68. The Bertz CT molecular complexity index is 937. The number of allylic oxidation sites excluding steroid dienone is 2. The average Bonchev–Trinajstić information content (AvgIpc) is 2.83. The maximum Gasteiger partial charge on any atom is 0.303 e. The molecule has 4 nitrogen and oxygen atoms in total. The van der Waals surface area contributed by atoms with E-state index >= 15 is 0 Å². The molecule has 0 fully saturated rings. The highest BCUT2D eigenvalue weighted by molar-refractivity contribution is 7.99. The van der Waals surface area contributed by atoms with Crippen molar-refractivity contribution in [2.45, 2.75) is 68.1 Å². The van der Waals surface area contributed by atoms with Gasteiger partial charge in [-0.2, -0.15) is 0 Å². The van der Waals surface area contributed by atoms with Gasteiger partial charge in [0, 0.05) is 22.5 Å². The normalized spacial score (nSPS) is 19.9. The number of methoxy groups -OCH3 is 2. The summed E-state index contributed by atoms with van der Waals surface area (Å²) in [6.45, 7) is 2.41. The third-order valence-corrected chi connectivity index (χ3v) is 8.11. The number of carbonyl (C=O) groups is 1. The molecule has 2 atom stereocenters. The van der Waals surface area contributed by atoms with Crippen LogP contribution in [0.5, 0.6) is 11.5 Å². The zero-order valence-electron chi connectivity index (χ0n) is 20.0. The summed E-state index contributed by atoms with van der Waals surface area (Å²) in [5.74, 6) is 2.56. The molecule has 0 spiro atoms. The van der Waals surface area contributed by atoms with Gasteiger partial charge in [-0.05, 0) is 67.0 Å². The van der Waals surface area contributed by atoms with Gasteiger partial charge in [0.1, 0.15) is 11.5 Å². The fourth-order valence-corrected chi connectivity index (χ4v) is 6.09. The lowest BCUT2D eigenvalue weighted by Crippen LogP contribution is -2.36. The van der Waals surface area contributed by atoms with Crippen LogP contribution in [0.25, 0.3) is 0 Å². The van der Waals surface area contributed by atoms with Crippen LogP contribution in [-0.4, -0.2) is 31.0 Å². The average molecular weight is 469 g/mol. The van der Waals surface area contributed by atoms with Crippen molar-refractivity contribution in [2.75, 3.05) is 20.0 Å². The Labute approximate surface area is 202 Å². The van der Waals surface area contributed by atoms with Gasteiger partial charge < -0.3 is 14.6 Å². The van der Waals surface area contributed by atoms with Crippen LogP contribution in [0.3, 0.4) is 0 Å². The molecule has 0 aromatic heterocycles. The second-order valence-electron chi connectivity index (χ2n) is 8.93. The maximum atomic E-state index is 10.6. The van der Waals surface area contributed by atoms with Crippen molar-refractivity contribution in [3.63, 3.8) is 0 Å². The van der Waals surface area contributed by atoms with Gasteiger partial charge in [-0.3, -0.25) is 4.79 Å². The molecule has 0 radical (unpaired) electrons. The molecule has 1 N–H and O–H groups in total. The van der Waals surface area contributed by atoms with Gasteiger partial charge in [0.15, 0.2) is 0 Å². The fraction of sp³-hybridized carbons (Fsp3) is 0.464. The van der Waals surface area contributed by atoms with Gasteiger partial charge in [-0.15, -0.1) is 11.8 Å². The molecular formula is C28H36O4S. The highest BCUT2D eigenvalue weighted by atomic mass is 32.2. The first kappa shape index (κ1) is 25.2. The number of benzene rings is 2. The Balaban J connectivity index is 1.69. The lowest BCUT2D eigenvalue weighted by Gasteiger charge is -2.43. The van der Waals surface area contributed by atoms with Crippen molar-refractivity contribution >= 4 is 17.7 Å². The third-order valence-electron chi connectivity index (χ3n) is 6.70. The molecule has 2 aromatic carbocycles. The summed E-state index contributed by atoms with van der Waals surface area (Å²) in [6.07, 6.45) is 10.6. The van der Waals surface area contributed by atoms with Gasteiger partial charge in [0.25, 0.3) is 0 Å². The van der Waals surface area contributed by atoms with Crippen molar-refractivity contribution in [3.8, 4) is 11.5 Å². The standard InChI is InChI=1S/C28H36O4S/c1-28(21-13-15-22(31-2)16-14-21)20-33-26-19-23(32-3)17-18-24(26)25(28)11-9-7-5-4-6-8-10-12-27(29)30/h6,8,13-19,25H,4-5,7,9-12,20H2,1-3H3,(H,29,30)/b8-6+. The number of hydrogen-bond donors (Lipinski definition) is 1. The van der Waals surface area contributed by atoms with Crippen molar-refractivity contribution in [1.29, 1.82) is 0 Å². The molecular weight excluding hydrogens is 432 g/mol. The molecule has 2 aromatic rings. The van der Waals surface area contributed by atoms with E-state index in [2.05, 4.69) is 55.5 Å². The number of carboxylic acid groups (broad SMARTS) is 1. The summed E-state index contributed by atoms with van der Waals surface area (Å²) < 4.78 is 10.9. The first-order chi connectivity index (χ1) is 16.0. The predicted octanol–water partition coefficient (Wildman–Crippen LogP) is 7.22. The highest BCUT2D eigenvalue weighted by Crippen LogP contribution is 2.52. The minimum absolute atomic E-state index is 0.0509. The van der Waals surface area contributed by atoms with Crippen LogP contribution in [0.2, 0.25) is 0 Å². The molecule has 1 aliphatic rings. The van der Waals surface area contributed by atoms with E-state index in [1.165, 1.54) is 28.9 Å². The maximum absolute atomic E-state index is 10.6. The van der Waals surface area contributed by atoms with Crippen LogP contribution in [0.1, 0.15) is 68.9 Å². The van der Waals surface area contributed by atoms with Gasteiger partial charge in [-0.1, -0.05) is 50.1 Å². The third kappa shape index (κ3) is 6.57. The van der Waals surface area contributed by atoms with Crippen LogP contribution >= 0.6 is 11.8 Å². The molecule has 178 valence electrons. The fourth-order valence-electron chi connectivity index (χ4n) is 4.69. The molecule has 0 saturated carbocycles. The largest absolute Gasteiger partial charge is 0.497 e. The second kappa shape index (κ2) is 12.2. The number of ether oxygens (including phenoxy) is 2. The summed E-state index contributed by atoms with van der Waals surface area (Å²) >= 11 is 1.93. The minimum atomic E-state index is -0.733. The highest BCUT2D eigenvalue weighted by Gasteiger charge is 2.41. The molecule has 33 heavy (non-hydrogen) atoms. The summed E-state index contributed by atoms with van der Waals surface area (Å²) in [5, 5.41) is 8.71. The Morgan fingerprint density at radius 3 is 2.42 bits per heavy atom. The Morgan fingerprint density at radius 2 is 1.73 bits per heavy atom. The summed E-state index contributed by atoms with van der Waals surface area (Å²) in [4.78, 5) is 11.9. The van der Waals surface area contributed by atoms with E-state index in [-0.39, 0.29) is 11.8 Å². The molecule has 0 saturated heterocycles. The topological polar surface area (TPSA) is 55.8 Å². The second-order valence-corrected chi connectivity index (χ2v) is 9.95. The number of rotatable bonds is 12. The van der Waals surface area contributed by atoms with Crippen molar-refractivity contribution < 1.29 is 19.4 Å². The van der Waals surface area contributed by atoms with Crippen molar-refractivity contribution in [3.05, 3.63) is 65.7 Å². The number of thioether (sulfide) groups is 1. The van der Waals surface area contributed by atoms with Gasteiger partial charge >= 0.3 is 5.97 Å². The van der Waals surface area contributed by atoms with E-state index in [1.54, 1.807) is 14.2 Å².